The number of rotatable bonds is 6. The Morgan fingerprint density at radius 3 is 2.50 bits per heavy atom. The van der Waals surface area contributed by atoms with Gasteiger partial charge in [0.15, 0.2) is 0 Å². The summed E-state index contributed by atoms with van der Waals surface area (Å²) in [6, 6.07) is 8.54. The van der Waals surface area contributed by atoms with Gasteiger partial charge in [0.1, 0.15) is 11.6 Å². The predicted octanol–water partition coefficient (Wildman–Crippen LogP) is 3.52. The summed E-state index contributed by atoms with van der Waals surface area (Å²) in [7, 11) is 0. The molecule has 5 nitrogen and oxygen atoms in total. The summed E-state index contributed by atoms with van der Waals surface area (Å²) in [6.07, 6.45) is 1.76. The van der Waals surface area contributed by atoms with Crippen molar-refractivity contribution in [3.8, 4) is 18.1 Å². The van der Waals surface area contributed by atoms with Crippen LogP contribution in [0.2, 0.25) is 0 Å². The number of aromatic nitrogens is 1. The van der Waals surface area contributed by atoms with Crippen LogP contribution in [0, 0.1) is 12.3 Å². The molecule has 1 aromatic heterocycles. The van der Waals surface area contributed by atoms with E-state index in [0.717, 1.165) is 5.56 Å². The molecule has 0 spiro atoms. The molecule has 2 rings (SSSR count). The zero-order valence-corrected chi connectivity index (χ0v) is 13.8. The topological polar surface area (TPSA) is 63.2 Å². The maximum atomic E-state index is 12.2. The number of ether oxygens (including phenoxy) is 1. The highest BCUT2D eigenvalue weighted by Gasteiger charge is 2.31. The van der Waals surface area contributed by atoms with Gasteiger partial charge in [-0.2, -0.15) is 0 Å². The molecule has 0 fully saturated rings. The van der Waals surface area contributed by atoms with Crippen LogP contribution >= 0.6 is 0 Å². The molecular formula is C18H16F3N3O2. The van der Waals surface area contributed by atoms with E-state index in [-0.39, 0.29) is 24.2 Å². The summed E-state index contributed by atoms with van der Waals surface area (Å²) in [5.41, 5.74) is 1.12. The number of carbonyl (C=O) groups excluding carboxylic acids is 1. The lowest BCUT2D eigenvalue weighted by molar-refractivity contribution is -0.274. The Hall–Kier alpha value is -3.21. The number of nitrogens with zero attached hydrogens (tertiary/aromatic N) is 1. The molecule has 136 valence electrons. The molecule has 1 heterocycles. The summed E-state index contributed by atoms with van der Waals surface area (Å²) in [5, 5.41) is 5.63. The SMILES string of the molecule is C#CCNC(=O)c1ccc(N[C@@H](C)c2ccc(OC(F)(F)F)cc2)nc1. The van der Waals surface area contributed by atoms with E-state index in [1.54, 1.807) is 12.1 Å². The molecule has 2 N–H and O–H groups in total. The number of amides is 1. The number of halogens is 3. The van der Waals surface area contributed by atoms with Gasteiger partial charge in [0.2, 0.25) is 0 Å². The van der Waals surface area contributed by atoms with Crippen LogP contribution in [0.1, 0.15) is 28.9 Å². The lowest BCUT2D eigenvalue weighted by Crippen LogP contribution is -2.23. The molecule has 0 aliphatic rings. The van der Waals surface area contributed by atoms with Crippen molar-refractivity contribution in [2.75, 3.05) is 11.9 Å². The Morgan fingerprint density at radius 2 is 1.96 bits per heavy atom. The summed E-state index contributed by atoms with van der Waals surface area (Å²) in [5.74, 6) is 2.21. The van der Waals surface area contributed by atoms with Crippen molar-refractivity contribution >= 4 is 11.7 Å². The first-order valence-corrected chi connectivity index (χ1v) is 7.58. The van der Waals surface area contributed by atoms with Gasteiger partial charge >= 0.3 is 6.36 Å². The van der Waals surface area contributed by atoms with E-state index in [9.17, 15) is 18.0 Å². The van der Waals surface area contributed by atoms with Crippen LogP contribution in [0.15, 0.2) is 42.6 Å². The third-order valence-corrected chi connectivity index (χ3v) is 3.35. The highest BCUT2D eigenvalue weighted by Crippen LogP contribution is 2.25. The monoisotopic (exact) mass is 363 g/mol. The first-order chi connectivity index (χ1) is 12.3. The van der Waals surface area contributed by atoms with Crippen LogP contribution in [0.5, 0.6) is 5.75 Å². The van der Waals surface area contributed by atoms with Gasteiger partial charge in [-0.15, -0.1) is 19.6 Å². The first kappa shape index (κ1) is 19.1. The molecule has 1 aromatic carbocycles. The third-order valence-electron chi connectivity index (χ3n) is 3.35. The van der Waals surface area contributed by atoms with E-state index < -0.39 is 6.36 Å². The summed E-state index contributed by atoms with van der Waals surface area (Å²) in [4.78, 5) is 15.9. The van der Waals surface area contributed by atoms with Crippen LogP contribution < -0.4 is 15.4 Å². The average molecular weight is 363 g/mol. The van der Waals surface area contributed by atoms with Crippen LogP contribution in [-0.2, 0) is 0 Å². The van der Waals surface area contributed by atoms with Crippen molar-refractivity contribution in [2.24, 2.45) is 0 Å². The Kier molecular flexibility index (Phi) is 6.07. The molecule has 8 heteroatoms. The minimum Gasteiger partial charge on any atom is -0.406 e. The molecule has 0 saturated heterocycles. The van der Waals surface area contributed by atoms with Gasteiger partial charge in [0.25, 0.3) is 5.91 Å². The van der Waals surface area contributed by atoms with Gasteiger partial charge in [-0.05, 0) is 36.8 Å². The number of hydrogen-bond acceptors (Lipinski definition) is 4. The summed E-state index contributed by atoms with van der Waals surface area (Å²) >= 11 is 0. The Labute approximate surface area is 148 Å². The fraction of sp³-hybridized carbons (Fsp3) is 0.222. The number of alkyl halides is 3. The number of anilines is 1. The number of benzene rings is 1. The van der Waals surface area contributed by atoms with Gasteiger partial charge in [-0.3, -0.25) is 4.79 Å². The van der Waals surface area contributed by atoms with Gasteiger partial charge in [0.05, 0.1) is 12.1 Å². The second-order valence-corrected chi connectivity index (χ2v) is 5.30. The number of carbonyl (C=O) groups is 1. The quantitative estimate of drug-likeness (QED) is 0.771. The van der Waals surface area contributed by atoms with Crippen molar-refractivity contribution in [1.82, 2.24) is 10.3 Å². The zero-order chi connectivity index (χ0) is 19.2. The molecule has 0 saturated carbocycles. The minimum atomic E-state index is -4.72. The zero-order valence-electron chi connectivity index (χ0n) is 13.8. The van der Waals surface area contributed by atoms with E-state index in [0.29, 0.717) is 11.4 Å². The predicted molar refractivity (Wildman–Crippen MR) is 90.6 cm³/mol. The van der Waals surface area contributed by atoms with Crippen molar-refractivity contribution in [1.29, 1.82) is 0 Å². The maximum Gasteiger partial charge on any atom is 0.573 e. The number of hydrogen-bond donors (Lipinski definition) is 2. The van der Waals surface area contributed by atoms with Crippen LogP contribution in [-0.4, -0.2) is 23.8 Å². The fourth-order valence-corrected chi connectivity index (χ4v) is 2.11. The molecule has 0 radical (unpaired) electrons. The Balaban J connectivity index is 1.98. The summed E-state index contributed by atoms with van der Waals surface area (Å²) in [6.45, 7) is 1.96. The van der Waals surface area contributed by atoms with Crippen LogP contribution in [0.3, 0.4) is 0 Å². The van der Waals surface area contributed by atoms with E-state index >= 15 is 0 Å². The van der Waals surface area contributed by atoms with Gasteiger partial charge in [-0.25, -0.2) is 4.98 Å². The Morgan fingerprint density at radius 1 is 1.27 bits per heavy atom. The second kappa shape index (κ2) is 8.25. The largest absolute Gasteiger partial charge is 0.573 e. The van der Waals surface area contributed by atoms with Crippen LogP contribution in [0.25, 0.3) is 0 Å². The normalized spacial score (nSPS) is 12.0. The molecule has 0 aliphatic carbocycles. The Bertz CT molecular complexity index is 781. The highest BCUT2D eigenvalue weighted by molar-refractivity contribution is 5.94. The van der Waals surface area contributed by atoms with Gasteiger partial charge in [-0.1, -0.05) is 18.1 Å². The number of nitrogens with one attached hydrogen (secondary N) is 2. The molecule has 1 amide bonds. The smallest absolute Gasteiger partial charge is 0.406 e. The molecule has 1 atom stereocenters. The van der Waals surface area contributed by atoms with E-state index in [4.69, 9.17) is 6.42 Å². The molecule has 0 bridgehead atoms. The average Bonchev–Trinajstić information content (AvgIpc) is 2.59. The standard InChI is InChI=1S/C18H16F3N3O2/c1-3-10-22-17(25)14-6-9-16(23-11-14)24-12(2)13-4-7-15(8-5-13)26-18(19,20)21/h1,4-9,11-12H,10H2,2H3,(H,22,25)(H,23,24)/t12-/m0/s1. The van der Waals surface area contributed by atoms with Crippen LogP contribution in [0.4, 0.5) is 19.0 Å². The van der Waals surface area contributed by atoms with Crippen molar-refractivity contribution in [2.45, 2.75) is 19.3 Å². The summed E-state index contributed by atoms with van der Waals surface area (Å²) < 4.78 is 40.3. The number of terminal acetylenes is 1. The number of pyridine rings is 1. The molecule has 0 aliphatic heterocycles. The lowest BCUT2D eigenvalue weighted by atomic mass is 10.1. The van der Waals surface area contributed by atoms with Gasteiger partial charge in [0, 0.05) is 12.2 Å². The first-order valence-electron chi connectivity index (χ1n) is 7.58. The third kappa shape index (κ3) is 5.70. The maximum absolute atomic E-state index is 12.2. The lowest BCUT2D eigenvalue weighted by Gasteiger charge is -2.16. The van der Waals surface area contributed by atoms with E-state index in [1.807, 2.05) is 6.92 Å². The highest BCUT2D eigenvalue weighted by atomic mass is 19.4. The molecule has 26 heavy (non-hydrogen) atoms. The van der Waals surface area contributed by atoms with Crippen molar-refractivity contribution in [3.05, 3.63) is 53.7 Å². The van der Waals surface area contributed by atoms with Crippen molar-refractivity contribution in [3.63, 3.8) is 0 Å². The minimum absolute atomic E-state index is 0.129. The molecular weight excluding hydrogens is 347 g/mol. The molecule has 2 aromatic rings. The fourth-order valence-electron chi connectivity index (χ4n) is 2.11. The van der Waals surface area contributed by atoms with E-state index in [2.05, 4.69) is 26.3 Å². The van der Waals surface area contributed by atoms with E-state index in [1.165, 1.54) is 30.5 Å². The van der Waals surface area contributed by atoms with Gasteiger partial charge < -0.3 is 15.4 Å². The second-order valence-electron chi connectivity index (χ2n) is 5.30. The van der Waals surface area contributed by atoms with Crippen molar-refractivity contribution < 1.29 is 22.7 Å². The molecule has 0 unspecified atom stereocenters.